The molecule has 0 saturated heterocycles. The van der Waals surface area contributed by atoms with Gasteiger partial charge < -0.3 is 0 Å². The van der Waals surface area contributed by atoms with Crippen LogP contribution in [0.1, 0.15) is 15.2 Å². The zero-order chi connectivity index (χ0) is 11.7. The lowest BCUT2D eigenvalue weighted by molar-refractivity contribution is 0.0993. The van der Waals surface area contributed by atoms with Gasteiger partial charge in [-0.3, -0.25) is 14.8 Å². The van der Waals surface area contributed by atoms with Gasteiger partial charge in [-0.1, -0.05) is 0 Å². The molecule has 17 heavy (non-hydrogen) atoms. The maximum atomic E-state index is 12.0. The maximum absolute atomic E-state index is 12.0. The van der Waals surface area contributed by atoms with E-state index in [1.807, 2.05) is 17.5 Å². The average molecular weight is 260 g/mol. The second-order valence-electron chi connectivity index (χ2n) is 3.60. The number of aromatic nitrogens is 2. The molecule has 3 heterocycles. The molecule has 0 spiro atoms. The van der Waals surface area contributed by atoms with Gasteiger partial charge in [0.1, 0.15) is 0 Å². The van der Waals surface area contributed by atoms with Crippen LogP contribution in [0, 0.1) is 0 Å². The molecule has 0 saturated carbocycles. The summed E-state index contributed by atoms with van der Waals surface area (Å²) in [5.41, 5.74) is 3.36. The summed E-state index contributed by atoms with van der Waals surface area (Å²) in [6.07, 6.45) is 3.79. The Hall–Kier alpha value is -1.59. The zero-order valence-electron chi connectivity index (χ0n) is 8.79. The Balaban J connectivity index is 1.90. The molecule has 0 amide bonds. The number of thiazole rings is 1. The highest BCUT2D eigenvalue weighted by molar-refractivity contribution is 7.17. The first-order valence-corrected chi connectivity index (χ1v) is 6.83. The van der Waals surface area contributed by atoms with E-state index in [0.29, 0.717) is 12.0 Å². The Bertz CT molecular complexity index is 658. The number of carbonyl (C=O) groups excluding carboxylic acids is 1. The van der Waals surface area contributed by atoms with Gasteiger partial charge in [0.25, 0.3) is 0 Å². The van der Waals surface area contributed by atoms with Crippen LogP contribution in [-0.2, 0) is 6.42 Å². The second kappa shape index (κ2) is 4.35. The SMILES string of the molecule is O=C(Cc1cncs1)c1cnc2ccsc2c1. The van der Waals surface area contributed by atoms with Gasteiger partial charge in [0, 0.05) is 29.3 Å². The third-order valence-corrected chi connectivity index (χ3v) is 4.08. The summed E-state index contributed by atoms with van der Waals surface area (Å²) in [6, 6.07) is 3.87. The molecule has 0 fully saturated rings. The standard InChI is InChI=1S/C12H8N2OS2/c15-11(4-9-6-13-7-17-9)8-3-12-10(14-5-8)1-2-16-12/h1-3,5-7H,4H2. The van der Waals surface area contributed by atoms with E-state index in [-0.39, 0.29) is 5.78 Å². The quantitative estimate of drug-likeness (QED) is 0.679. The summed E-state index contributed by atoms with van der Waals surface area (Å²) >= 11 is 3.10. The number of nitrogens with zero attached hydrogens (tertiary/aromatic N) is 2. The molecule has 0 aromatic carbocycles. The molecule has 3 rings (SSSR count). The summed E-state index contributed by atoms with van der Waals surface area (Å²) < 4.78 is 1.06. The molecule has 0 aliphatic heterocycles. The van der Waals surface area contributed by atoms with E-state index in [0.717, 1.165) is 15.1 Å². The Morgan fingerprint density at radius 3 is 3.06 bits per heavy atom. The Morgan fingerprint density at radius 1 is 1.29 bits per heavy atom. The van der Waals surface area contributed by atoms with Crippen LogP contribution in [0.3, 0.4) is 0 Å². The van der Waals surface area contributed by atoms with Crippen molar-refractivity contribution < 1.29 is 4.79 Å². The Kier molecular flexibility index (Phi) is 2.70. The summed E-state index contributed by atoms with van der Waals surface area (Å²) in [7, 11) is 0. The molecule has 0 bridgehead atoms. The minimum absolute atomic E-state index is 0.0945. The van der Waals surface area contributed by atoms with Gasteiger partial charge in [-0.15, -0.1) is 22.7 Å². The van der Waals surface area contributed by atoms with E-state index in [1.54, 1.807) is 29.2 Å². The summed E-state index contributed by atoms with van der Waals surface area (Å²) in [5.74, 6) is 0.0945. The summed E-state index contributed by atoms with van der Waals surface area (Å²) in [5, 5.41) is 1.98. The zero-order valence-corrected chi connectivity index (χ0v) is 10.4. The highest BCUT2D eigenvalue weighted by Crippen LogP contribution is 2.20. The fourth-order valence-electron chi connectivity index (χ4n) is 1.59. The molecule has 84 valence electrons. The van der Waals surface area contributed by atoms with Crippen LogP contribution >= 0.6 is 22.7 Å². The van der Waals surface area contributed by atoms with Crippen LogP contribution in [0.15, 0.2) is 35.4 Å². The number of pyridine rings is 1. The summed E-state index contributed by atoms with van der Waals surface area (Å²) in [6.45, 7) is 0. The van der Waals surface area contributed by atoms with Crippen LogP contribution in [0.2, 0.25) is 0 Å². The van der Waals surface area contributed by atoms with Crippen molar-refractivity contribution in [1.82, 2.24) is 9.97 Å². The van der Waals surface area contributed by atoms with E-state index in [2.05, 4.69) is 9.97 Å². The fraction of sp³-hybridized carbons (Fsp3) is 0.0833. The molecule has 5 heteroatoms. The van der Waals surface area contributed by atoms with Crippen molar-refractivity contribution in [1.29, 1.82) is 0 Å². The van der Waals surface area contributed by atoms with Crippen LogP contribution < -0.4 is 0 Å². The number of carbonyl (C=O) groups is 1. The number of hydrogen-bond acceptors (Lipinski definition) is 5. The van der Waals surface area contributed by atoms with E-state index < -0.39 is 0 Å². The highest BCUT2D eigenvalue weighted by Gasteiger charge is 2.09. The normalized spacial score (nSPS) is 10.8. The maximum Gasteiger partial charge on any atom is 0.169 e. The van der Waals surface area contributed by atoms with Gasteiger partial charge >= 0.3 is 0 Å². The van der Waals surface area contributed by atoms with Gasteiger partial charge in [-0.2, -0.15) is 0 Å². The van der Waals surface area contributed by atoms with E-state index in [4.69, 9.17) is 0 Å². The smallest absolute Gasteiger partial charge is 0.169 e. The molecular weight excluding hydrogens is 252 g/mol. The van der Waals surface area contributed by atoms with Gasteiger partial charge in [0.05, 0.1) is 15.7 Å². The van der Waals surface area contributed by atoms with Crippen molar-refractivity contribution in [3.8, 4) is 0 Å². The minimum atomic E-state index is 0.0945. The van der Waals surface area contributed by atoms with Crippen LogP contribution in [-0.4, -0.2) is 15.8 Å². The van der Waals surface area contributed by atoms with Crippen molar-refractivity contribution in [3.63, 3.8) is 0 Å². The molecule has 0 N–H and O–H groups in total. The van der Waals surface area contributed by atoms with Crippen molar-refractivity contribution >= 4 is 38.7 Å². The lowest BCUT2D eigenvalue weighted by Crippen LogP contribution is -2.02. The lowest BCUT2D eigenvalue weighted by Gasteiger charge is -1.98. The molecule has 3 nitrogen and oxygen atoms in total. The monoisotopic (exact) mass is 260 g/mol. The van der Waals surface area contributed by atoms with Crippen LogP contribution in [0.25, 0.3) is 10.2 Å². The van der Waals surface area contributed by atoms with Gasteiger partial charge in [-0.25, -0.2) is 0 Å². The largest absolute Gasteiger partial charge is 0.294 e. The fourth-order valence-corrected chi connectivity index (χ4v) is 2.96. The van der Waals surface area contributed by atoms with Crippen LogP contribution in [0.5, 0.6) is 0 Å². The predicted molar refractivity (Wildman–Crippen MR) is 69.8 cm³/mol. The molecular formula is C12H8N2OS2. The molecule has 0 unspecified atom stereocenters. The van der Waals surface area contributed by atoms with Gasteiger partial charge in [0.15, 0.2) is 5.78 Å². The Labute approximate surface area is 106 Å². The number of ketones is 1. The van der Waals surface area contributed by atoms with Crippen LogP contribution in [0.4, 0.5) is 0 Å². The second-order valence-corrected chi connectivity index (χ2v) is 5.51. The Morgan fingerprint density at radius 2 is 2.24 bits per heavy atom. The number of fused-ring (bicyclic) bond motifs is 1. The van der Waals surface area contributed by atoms with E-state index >= 15 is 0 Å². The number of hydrogen-bond donors (Lipinski definition) is 0. The van der Waals surface area contributed by atoms with Crippen molar-refractivity contribution in [3.05, 3.63) is 45.9 Å². The summed E-state index contributed by atoms with van der Waals surface area (Å²) in [4.78, 5) is 21.2. The number of thiophene rings is 1. The third-order valence-electron chi connectivity index (χ3n) is 2.44. The minimum Gasteiger partial charge on any atom is -0.294 e. The molecule has 0 aliphatic carbocycles. The van der Waals surface area contributed by atoms with E-state index in [9.17, 15) is 4.79 Å². The lowest BCUT2D eigenvalue weighted by atomic mass is 10.1. The molecule has 0 radical (unpaired) electrons. The van der Waals surface area contributed by atoms with Gasteiger partial charge in [-0.05, 0) is 17.5 Å². The van der Waals surface area contributed by atoms with Crippen molar-refractivity contribution in [2.24, 2.45) is 0 Å². The highest BCUT2D eigenvalue weighted by atomic mass is 32.1. The molecule has 3 aromatic heterocycles. The van der Waals surface area contributed by atoms with Crippen molar-refractivity contribution in [2.75, 3.05) is 0 Å². The average Bonchev–Trinajstić information content (AvgIpc) is 2.97. The molecule has 0 atom stereocenters. The molecule has 0 aliphatic rings. The van der Waals surface area contributed by atoms with Crippen molar-refractivity contribution in [2.45, 2.75) is 6.42 Å². The first-order chi connectivity index (χ1) is 8.33. The number of Topliss-reactive ketones (excluding diaryl/α,β-unsaturated/α-hetero) is 1. The third kappa shape index (κ3) is 2.11. The first kappa shape index (κ1) is 10.6. The molecule has 3 aromatic rings. The predicted octanol–water partition coefficient (Wildman–Crippen LogP) is 3.18. The number of rotatable bonds is 3. The van der Waals surface area contributed by atoms with Gasteiger partial charge in [0.2, 0.25) is 0 Å². The first-order valence-electron chi connectivity index (χ1n) is 5.07. The van der Waals surface area contributed by atoms with E-state index in [1.165, 1.54) is 11.3 Å². The topological polar surface area (TPSA) is 42.9 Å².